The Bertz CT molecular complexity index is 596. The van der Waals surface area contributed by atoms with Crippen LogP contribution in [0, 0.1) is 0 Å². The van der Waals surface area contributed by atoms with Gasteiger partial charge < -0.3 is 4.74 Å². The highest BCUT2D eigenvalue weighted by molar-refractivity contribution is 7.87. The van der Waals surface area contributed by atoms with Crippen LogP contribution in [0.5, 0.6) is 0 Å². The predicted octanol–water partition coefficient (Wildman–Crippen LogP) is 1.93. The maximum Gasteiger partial charge on any atom is 0.416 e. The third-order valence-corrected chi connectivity index (χ3v) is 5.07. The van der Waals surface area contributed by atoms with Crippen molar-refractivity contribution >= 4 is 10.2 Å². The van der Waals surface area contributed by atoms with Gasteiger partial charge in [0.1, 0.15) is 0 Å². The van der Waals surface area contributed by atoms with Gasteiger partial charge >= 0.3 is 6.18 Å². The van der Waals surface area contributed by atoms with Gasteiger partial charge in [-0.2, -0.15) is 30.6 Å². The van der Waals surface area contributed by atoms with Crippen LogP contribution in [0.2, 0.25) is 0 Å². The molecule has 0 bridgehead atoms. The van der Waals surface area contributed by atoms with Crippen LogP contribution in [-0.2, 0) is 21.1 Å². The molecule has 124 valence electrons. The van der Waals surface area contributed by atoms with E-state index in [9.17, 15) is 21.6 Å². The van der Waals surface area contributed by atoms with Crippen molar-refractivity contribution in [3.63, 3.8) is 0 Å². The van der Waals surface area contributed by atoms with Crippen molar-refractivity contribution in [2.45, 2.75) is 19.1 Å². The van der Waals surface area contributed by atoms with E-state index in [4.69, 9.17) is 4.74 Å². The summed E-state index contributed by atoms with van der Waals surface area (Å²) in [6.07, 6.45) is -4.41. The van der Waals surface area contributed by atoms with Crippen LogP contribution in [0.1, 0.15) is 24.1 Å². The molecular formula is C13H17F3N2O3S. The lowest BCUT2D eigenvalue weighted by Crippen LogP contribution is -2.47. The molecule has 0 aromatic heterocycles. The van der Waals surface area contributed by atoms with Gasteiger partial charge in [-0.05, 0) is 24.6 Å². The monoisotopic (exact) mass is 338 g/mol. The molecule has 0 aliphatic carbocycles. The van der Waals surface area contributed by atoms with Crippen molar-refractivity contribution in [2.75, 3.05) is 26.3 Å². The molecule has 0 spiro atoms. The Morgan fingerprint density at radius 2 is 1.73 bits per heavy atom. The quantitative estimate of drug-likeness (QED) is 0.913. The minimum absolute atomic E-state index is 0.259. The van der Waals surface area contributed by atoms with Gasteiger partial charge in [0.05, 0.1) is 18.8 Å². The molecule has 0 radical (unpaired) electrons. The molecule has 1 saturated heterocycles. The topological polar surface area (TPSA) is 58.6 Å². The summed E-state index contributed by atoms with van der Waals surface area (Å²) < 4.78 is 70.7. The third kappa shape index (κ3) is 4.19. The van der Waals surface area contributed by atoms with Crippen molar-refractivity contribution in [2.24, 2.45) is 0 Å². The zero-order chi connectivity index (χ0) is 16.4. The second-order valence-corrected chi connectivity index (χ2v) is 6.68. The van der Waals surface area contributed by atoms with E-state index in [1.807, 2.05) is 0 Å². The summed E-state index contributed by atoms with van der Waals surface area (Å²) in [5, 5.41) is 0. The van der Waals surface area contributed by atoms with E-state index in [1.165, 1.54) is 16.4 Å². The second-order valence-electron chi connectivity index (χ2n) is 4.98. The number of benzene rings is 1. The van der Waals surface area contributed by atoms with E-state index in [-0.39, 0.29) is 13.1 Å². The molecule has 1 atom stereocenters. The van der Waals surface area contributed by atoms with E-state index < -0.39 is 28.0 Å². The zero-order valence-corrected chi connectivity index (χ0v) is 12.7. The van der Waals surface area contributed by atoms with Crippen molar-refractivity contribution in [1.82, 2.24) is 9.03 Å². The second kappa shape index (κ2) is 6.53. The predicted molar refractivity (Wildman–Crippen MR) is 74.3 cm³/mol. The molecule has 0 saturated carbocycles. The molecule has 5 nitrogen and oxygen atoms in total. The first-order chi connectivity index (χ1) is 10.2. The Balaban J connectivity index is 2.06. The molecule has 0 unspecified atom stereocenters. The van der Waals surface area contributed by atoms with Crippen molar-refractivity contribution < 1.29 is 26.3 Å². The summed E-state index contributed by atoms with van der Waals surface area (Å²) in [4.78, 5) is 0. The molecule has 1 aliphatic rings. The summed E-state index contributed by atoms with van der Waals surface area (Å²) in [6.45, 7) is 2.76. The minimum Gasteiger partial charge on any atom is -0.379 e. The Morgan fingerprint density at radius 3 is 2.23 bits per heavy atom. The van der Waals surface area contributed by atoms with Gasteiger partial charge in [-0.3, -0.25) is 0 Å². The number of morpholine rings is 1. The maximum atomic E-state index is 12.5. The summed E-state index contributed by atoms with van der Waals surface area (Å²) in [5.74, 6) is 0. The molecule has 2 rings (SSSR count). The molecule has 9 heteroatoms. The number of rotatable bonds is 4. The summed E-state index contributed by atoms with van der Waals surface area (Å²) in [7, 11) is -3.69. The normalized spacial score (nSPS) is 19.1. The SMILES string of the molecule is C[C@@H](NS(=O)(=O)N1CCOCC1)c1ccc(C(F)(F)F)cc1. The van der Waals surface area contributed by atoms with Crippen LogP contribution in [-0.4, -0.2) is 39.0 Å². The summed E-state index contributed by atoms with van der Waals surface area (Å²) in [6, 6.07) is 3.80. The van der Waals surface area contributed by atoms with Crippen molar-refractivity contribution in [1.29, 1.82) is 0 Å². The van der Waals surface area contributed by atoms with Gasteiger partial charge in [0.25, 0.3) is 10.2 Å². The number of alkyl halides is 3. The van der Waals surface area contributed by atoms with Crippen molar-refractivity contribution in [3.05, 3.63) is 35.4 Å². The fraction of sp³-hybridized carbons (Fsp3) is 0.538. The highest BCUT2D eigenvalue weighted by Crippen LogP contribution is 2.30. The number of nitrogens with zero attached hydrogens (tertiary/aromatic N) is 1. The highest BCUT2D eigenvalue weighted by Gasteiger charge is 2.30. The molecule has 1 aromatic carbocycles. The molecule has 1 aliphatic heterocycles. The van der Waals surface area contributed by atoms with Crippen LogP contribution in [0.4, 0.5) is 13.2 Å². The van der Waals surface area contributed by atoms with Crippen LogP contribution in [0.3, 0.4) is 0 Å². The lowest BCUT2D eigenvalue weighted by Gasteiger charge is -2.27. The molecule has 1 fully saturated rings. The molecule has 1 heterocycles. The number of hydrogen-bond acceptors (Lipinski definition) is 3. The zero-order valence-electron chi connectivity index (χ0n) is 11.9. The van der Waals surface area contributed by atoms with Gasteiger partial charge in [-0.1, -0.05) is 12.1 Å². The standard InChI is InChI=1S/C13H17F3N2O3S/c1-10(11-2-4-12(5-3-11)13(14,15)16)17-22(19,20)18-6-8-21-9-7-18/h2-5,10,17H,6-9H2,1H3/t10-/m1/s1. The maximum absolute atomic E-state index is 12.5. The van der Waals surface area contributed by atoms with Crippen LogP contribution >= 0.6 is 0 Å². The van der Waals surface area contributed by atoms with E-state index in [1.54, 1.807) is 6.92 Å². The number of halogens is 3. The Morgan fingerprint density at radius 1 is 1.18 bits per heavy atom. The minimum atomic E-state index is -4.41. The molecule has 1 aromatic rings. The number of ether oxygens (including phenoxy) is 1. The first-order valence-corrected chi connectivity index (χ1v) is 8.16. The van der Waals surface area contributed by atoms with E-state index in [0.29, 0.717) is 18.8 Å². The fourth-order valence-electron chi connectivity index (χ4n) is 2.11. The van der Waals surface area contributed by atoms with E-state index in [2.05, 4.69) is 4.72 Å². The lowest BCUT2D eigenvalue weighted by molar-refractivity contribution is -0.137. The van der Waals surface area contributed by atoms with Crippen LogP contribution < -0.4 is 4.72 Å². The smallest absolute Gasteiger partial charge is 0.379 e. The number of hydrogen-bond donors (Lipinski definition) is 1. The Kier molecular flexibility index (Phi) is 5.10. The summed E-state index contributed by atoms with van der Waals surface area (Å²) >= 11 is 0. The largest absolute Gasteiger partial charge is 0.416 e. The molecule has 0 amide bonds. The van der Waals surface area contributed by atoms with Gasteiger partial charge in [-0.25, -0.2) is 0 Å². The van der Waals surface area contributed by atoms with Crippen LogP contribution in [0.25, 0.3) is 0 Å². The average molecular weight is 338 g/mol. The number of nitrogens with one attached hydrogen (secondary N) is 1. The first-order valence-electron chi connectivity index (χ1n) is 6.72. The fourth-order valence-corrected chi connectivity index (χ4v) is 3.48. The Labute approximate surface area is 127 Å². The van der Waals surface area contributed by atoms with Crippen molar-refractivity contribution in [3.8, 4) is 0 Å². The van der Waals surface area contributed by atoms with Gasteiger partial charge in [0.2, 0.25) is 0 Å². The van der Waals surface area contributed by atoms with Gasteiger partial charge in [-0.15, -0.1) is 0 Å². The van der Waals surface area contributed by atoms with Gasteiger partial charge in [0.15, 0.2) is 0 Å². The molecular weight excluding hydrogens is 321 g/mol. The molecule has 1 N–H and O–H groups in total. The third-order valence-electron chi connectivity index (χ3n) is 3.37. The Hall–Kier alpha value is -1.16. The van der Waals surface area contributed by atoms with Crippen LogP contribution in [0.15, 0.2) is 24.3 Å². The molecule has 22 heavy (non-hydrogen) atoms. The van der Waals surface area contributed by atoms with E-state index in [0.717, 1.165) is 12.1 Å². The van der Waals surface area contributed by atoms with Gasteiger partial charge in [0, 0.05) is 19.1 Å². The first kappa shape index (κ1) is 17.2. The lowest BCUT2D eigenvalue weighted by atomic mass is 10.1. The van der Waals surface area contributed by atoms with E-state index >= 15 is 0 Å². The average Bonchev–Trinajstić information content (AvgIpc) is 2.47. The summed E-state index contributed by atoms with van der Waals surface area (Å²) in [5.41, 5.74) is -0.302. The highest BCUT2D eigenvalue weighted by atomic mass is 32.2.